The molecule has 0 radical (unpaired) electrons. The van der Waals surface area contributed by atoms with Crippen LogP contribution in [0, 0.1) is 5.92 Å². The number of aryl methyl sites for hydroxylation is 1. The van der Waals surface area contributed by atoms with Crippen LogP contribution in [0.5, 0.6) is 0 Å². The third kappa shape index (κ3) is 4.01. The van der Waals surface area contributed by atoms with Gasteiger partial charge in [-0.1, -0.05) is 24.3 Å². The number of amides is 1. The van der Waals surface area contributed by atoms with Gasteiger partial charge in [0.15, 0.2) is 0 Å². The first-order valence-electron chi connectivity index (χ1n) is 8.22. The third-order valence-corrected chi connectivity index (χ3v) is 4.52. The molecule has 6 nitrogen and oxygen atoms in total. The number of aliphatic hydroxyl groups excluding tert-OH is 1. The van der Waals surface area contributed by atoms with Crippen molar-refractivity contribution in [1.29, 1.82) is 0 Å². The van der Waals surface area contributed by atoms with Crippen LogP contribution in [-0.4, -0.2) is 51.9 Å². The molecule has 2 N–H and O–H groups in total. The number of hydrogen-bond donors (Lipinski definition) is 2. The molecule has 3 rings (SSSR count). The smallest absolute Gasteiger partial charge is 0.220 e. The molecule has 1 amide bonds. The van der Waals surface area contributed by atoms with Crippen LogP contribution >= 0.6 is 0 Å². The average Bonchev–Trinajstić information content (AvgIpc) is 3.11. The summed E-state index contributed by atoms with van der Waals surface area (Å²) in [6, 6.07) is 8.10. The number of carbonyl (C=O) groups is 1. The van der Waals surface area contributed by atoms with E-state index in [9.17, 15) is 9.90 Å². The largest absolute Gasteiger partial charge is 0.391 e. The van der Waals surface area contributed by atoms with E-state index in [0.717, 1.165) is 23.2 Å². The molecule has 1 aromatic carbocycles. The van der Waals surface area contributed by atoms with Crippen molar-refractivity contribution in [2.24, 2.45) is 13.0 Å². The normalized spacial score (nSPS) is 21.1. The van der Waals surface area contributed by atoms with Crippen LogP contribution in [0.2, 0.25) is 0 Å². The second-order valence-electron chi connectivity index (χ2n) is 6.63. The van der Waals surface area contributed by atoms with Crippen LogP contribution in [0.4, 0.5) is 0 Å². The Balaban J connectivity index is 1.50. The first-order chi connectivity index (χ1) is 11.5. The van der Waals surface area contributed by atoms with Crippen molar-refractivity contribution in [2.75, 3.05) is 20.1 Å². The summed E-state index contributed by atoms with van der Waals surface area (Å²) in [7, 11) is 3.86. The van der Waals surface area contributed by atoms with E-state index in [0.29, 0.717) is 19.5 Å². The minimum Gasteiger partial charge on any atom is -0.391 e. The van der Waals surface area contributed by atoms with E-state index in [1.165, 1.54) is 0 Å². The van der Waals surface area contributed by atoms with Crippen molar-refractivity contribution in [3.05, 3.63) is 42.2 Å². The Bertz CT molecular complexity index is 695. The molecule has 2 aromatic rings. The van der Waals surface area contributed by atoms with Crippen molar-refractivity contribution in [3.63, 3.8) is 0 Å². The Morgan fingerprint density at radius 1 is 1.25 bits per heavy atom. The molecule has 2 heterocycles. The van der Waals surface area contributed by atoms with Crippen LogP contribution in [-0.2, 0) is 18.4 Å². The second kappa shape index (κ2) is 7.15. The summed E-state index contributed by atoms with van der Waals surface area (Å²) in [6.45, 7) is 1.92. The number of likely N-dealkylation sites (tertiary alicyclic amines) is 1. The summed E-state index contributed by atoms with van der Waals surface area (Å²) in [6.07, 6.45) is 3.78. The van der Waals surface area contributed by atoms with Crippen molar-refractivity contribution in [3.8, 4) is 11.1 Å². The summed E-state index contributed by atoms with van der Waals surface area (Å²) in [5.74, 6) is 0.0219. The van der Waals surface area contributed by atoms with Crippen LogP contribution in [0.1, 0.15) is 12.0 Å². The Kier molecular flexibility index (Phi) is 4.97. The highest BCUT2D eigenvalue weighted by atomic mass is 16.3. The average molecular weight is 328 g/mol. The van der Waals surface area contributed by atoms with Crippen LogP contribution in [0.25, 0.3) is 11.1 Å². The fourth-order valence-electron chi connectivity index (χ4n) is 3.16. The van der Waals surface area contributed by atoms with Crippen molar-refractivity contribution in [2.45, 2.75) is 19.1 Å². The highest BCUT2D eigenvalue weighted by molar-refractivity contribution is 5.76. The summed E-state index contributed by atoms with van der Waals surface area (Å²) >= 11 is 0. The molecule has 24 heavy (non-hydrogen) atoms. The molecule has 128 valence electrons. The fourth-order valence-corrected chi connectivity index (χ4v) is 3.16. The summed E-state index contributed by atoms with van der Waals surface area (Å²) in [4.78, 5) is 14.1. The Morgan fingerprint density at radius 3 is 2.58 bits per heavy atom. The molecule has 2 atom stereocenters. The summed E-state index contributed by atoms with van der Waals surface area (Å²) in [5, 5.41) is 17.0. The molecular weight excluding hydrogens is 304 g/mol. The number of rotatable bonds is 5. The summed E-state index contributed by atoms with van der Waals surface area (Å²) in [5.41, 5.74) is 3.24. The summed E-state index contributed by atoms with van der Waals surface area (Å²) < 4.78 is 1.78. The molecule has 0 unspecified atom stereocenters. The maximum absolute atomic E-state index is 12.1. The van der Waals surface area contributed by atoms with Gasteiger partial charge in [-0.25, -0.2) is 0 Å². The lowest BCUT2D eigenvalue weighted by molar-refractivity contribution is -0.122. The van der Waals surface area contributed by atoms with Gasteiger partial charge in [-0.15, -0.1) is 0 Å². The monoisotopic (exact) mass is 328 g/mol. The van der Waals surface area contributed by atoms with E-state index in [1.54, 1.807) is 4.68 Å². The number of carbonyl (C=O) groups excluding carboxylic acids is 1. The topological polar surface area (TPSA) is 70.4 Å². The fraction of sp³-hybridized carbons (Fsp3) is 0.444. The molecule has 1 fully saturated rings. The number of benzene rings is 1. The molecule has 1 aromatic heterocycles. The van der Waals surface area contributed by atoms with Gasteiger partial charge in [0, 0.05) is 50.8 Å². The minimum atomic E-state index is -0.403. The number of aromatic nitrogens is 2. The predicted molar refractivity (Wildman–Crippen MR) is 92.1 cm³/mol. The molecule has 0 saturated carbocycles. The number of nitrogens with one attached hydrogen (secondary N) is 1. The second-order valence-corrected chi connectivity index (χ2v) is 6.63. The van der Waals surface area contributed by atoms with Gasteiger partial charge in [0.1, 0.15) is 0 Å². The molecule has 1 aliphatic heterocycles. The van der Waals surface area contributed by atoms with Gasteiger partial charge in [-0.3, -0.25) is 9.48 Å². The molecule has 0 aliphatic carbocycles. The Labute approximate surface area is 142 Å². The molecular formula is C18H24N4O2. The number of β-amino-alcohol motifs (C(OH)–C–C–N with tert-alkyl or cyclic N) is 1. The maximum atomic E-state index is 12.1. The van der Waals surface area contributed by atoms with Gasteiger partial charge in [-0.05, 0) is 18.2 Å². The van der Waals surface area contributed by atoms with Gasteiger partial charge >= 0.3 is 0 Å². The zero-order valence-corrected chi connectivity index (χ0v) is 14.1. The third-order valence-electron chi connectivity index (χ3n) is 4.52. The zero-order chi connectivity index (χ0) is 17.1. The van der Waals surface area contributed by atoms with Crippen molar-refractivity contribution >= 4 is 5.91 Å². The lowest BCUT2D eigenvalue weighted by Crippen LogP contribution is -2.29. The van der Waals surface area contributed by atoms with Gasteiger partial charge < -0.3 is 15.3 Å². The van der Waals surface area contributed by atoms with E-state index in [2.05, 4.69) is 15.3 Å². The quantitative estimate of drug-likeness (QED) is 0.860. The minimum absolute atomic E-state index is 0.00862. The van der Waals surface area contributed by atoms with Crippen molar-refractivity contribution < 1.29 is 9.90 Å². The SMILES string of the molecule is CN1C[C@@H](CC(=O)NCc2ccc(-c3cnn(C)c3)cc2)[C@H](O)C1. The number of likely N-dealkylation sites (N-methyl/N-ethyl adjacent to an activating group) is 1. The van der Waals surface area contributed by atoms with E-state index < -0.39 is 6.10 Å². The number of aliphatic hydroxyl groups is 1. The van der Waals surface area contributed by atoms with Crippen molar-refractivity contribution in [1.82, 2.24) is 20.0 Å². The maximum Gasteiger partial charge on any atom is 0.220 e. The van der Waals surface area contributed by atoms with E-state index in [-0.39, 0.29) is 11.8 Å². The Hall–Kier alpha value is -2.18. The predicted octanol–water partition coefficient (Wildman–Crippen LogP) is 1.02. The van der Waals surface area contributed by atoms with Gasteiger partial charge in [0.2, 0.25) is 5.91 Å². The standard InChI is InChI=1S/C18H24N4O2/c1-21-10-15(17(23)12-21)7-18(24)19-8-13-3-5-14(6-4-13)16-9-20-22(2)11-16/h3-6,9,11,15,17,23H,7-8,10,12H2,1-2H3,(H,19,24)/t15-,17-/m1/s1. The number of hydrogen-bond acceptors (Lipinski definition) is 4. The van der Waals surface area contributed by atoms with Gasteiger partial charge in [0.25, 0.3) is 0 Å². The van der Waals surface area contributed by atoms with Crippen LogP contribution < -0.4 is 5.32 Å². The molecule has 1 saturated heterocycles. The lowest BCUT2D eigenvalue weighted by Gasteiger charge is -2.13. The molecule has 0 bridgehead atoms. The molecule has 0 spiro atoms. The zero-order valence-electron chi connectivity index (χ0n) is 14.1. The molecule has 6 heteroatoms. The van der Waals surface area contributed by atoms with Gasteiger partial charge in [-0.2, -0.15) is 5.10 Å². The first kappa shape index (κ1) is 16.7. The lowest BCUT2D eigenvalue weighted by atomic mass is 10.0. The van der Waals surface area contributed by atoms with Crippen LogP contribution in [0.3, 0.4) is 0 Å². The highest BCUT2D eigenvalue weighted by Gasteiger charge is 2.30. The highest BCUT2D eigenvalue weighted by Crippen LogP contribution is 2.20. The van der Waals surface area contributed by atoms with Gasteiger partial charge in [0.05, 0.1) is 12.3 Å². The first-order valence-corrected chi connectivity index (χ1v) is 8.22. The van der Waals surface area contributed by atoms with E-state index in [1.807, 2.05) is 50.8 Å². The number of nitrogens with zero attached hydrogens (tertiary/aromatic N) is 3. The molecule has 1 aliphatic rings. The van der Waals surface area contributed by atoms with Crippen LogP contribution in [0.15, 0.2) is 36.7 Å². The Morgan fingerprint density at radius 2 is 2.00 bits per heavy atom. The van der Waals surface area contributed by atoms with E-state index >= 15 is 0 Å². The van der Waals surface area contributed by atoms with E-state index in [4.69, 9.17) is 0 Å².